The fraction of sp³-hybridized carbons (Fsp3) is 0.385. The first-order valence-corrected chi connectivity index (χ1v) is 13.3. The first-order chi connectivity index (χ1) is 16.7. The topological polar surface area (TPSA) is 96.0 Å². The van der Waals surface area contributed by atoms with E-state index in [-0.39, 0.29) is 43.9 Å². The van der Waals surface area contributed by atoms with Gasteiger partial charge in [0, 0.05) is 37.2 Å². The highest BCUT2D eigenvalue weighted by atomic mass is 32.2. The van der Waals surface area contributed by atoms with Gasteiger partial charge >= 0.3 is 0 Å². The van der Waals surface area contributed by atoms with Crippen molar-refractivity contribution in [3.63, 3.8) is 0 Å². The predicted octanol–water partition coefficient (Wildman–Crippen LogP) is 2.98. The highest BCUT2D eigenvalue weighted by Crippen LogP contribution is 2.16. The van der Waals surface area contributed by atoms with Gasteiger partial charge in [-0.1, -0.05) is 44.2 Å². The minimum atomic E-state index is -3.60. The van der Waals surface area contributed by atoms with Gasteiger partial charge in [0.2, 0.25) is 15.9 Å². The monoisotopic (exact) mass is 499 g/mol. The van der Waals surface area contributed by atoms with Crippen LogP contribution in [0.2, 0.25) is 0 Å². The largest absolute Gasteiger partial charge is 0.494 e. The zero-order valence-electron chi connectivity index (χ0n) is 20.4. The predicted molar refractivity (Wildman–Crippen MR) is 136 cm³/mol. The number of sulfonamides is 1. The van der Waals surface area contributed by atoms with Crippen LogP contribution in [0.15, 0.2) is 60.0 Å². The molecule has 0 radical (unpaired) electrons. The molecule has 1 aliphatic heterocycles. The van der Waals surface area contributed by atoms with Gasteiger partial charge in [0.1, 0.15) is 11.8 Å². The van der Waals surface area contributed by atoms with Crippen LogP contribution in [0.3, 0.4) is 0 Å². The Morgan fingerprint density at radius 1 is 1.00 bits per heavy atom. The highest BCUT2D eigenvalue weighted by molar-refractivity contribution is 7.92. The molecule has 9 heteroatoms. The molecule has 8 nitrogen and oxygen atoms in total. The van der Waals surface area contributed by atoms with E-state index in [1.165, 1.54) is 9.71 Å². The number of carbonyl (C=O) groups excluding carboxylic acids is 2. The van der Waals surface area contributed by atoms with E-state index in [4.69, 9.17) is 4.74 Å². The molecule has 2 aromatic rings. The number of amides is 2. The highest BCUT2D eigenvalue weighted by Gasteiger charge is 2.33. The first-order valence-electron chi connectivity index (χ1n) is 11.8. The zero-order chi connectivity index (χ0) is 25.4. The summed E-state index contributed by atoms with van der Waals surface area (Å²) in [7, 11) is -3.60. The normalized spacial score (nSPS) is 15.8. The Morgan fingerprint density at radius 2 is 1.63 bits per heavy atom. The third-order valence-corrected chi connectivity index (χ3v) is 7.35. The van der Waals surface area contributed by atoms with Gasteiger partial charge in [0.15, 0.2) is 0 Å². The minimum absolute atomic E-state index is 0.135. The number of nitrogens with one attached hydrogen (secondary N) is 1. The van der Waals surface area contributed by atoms with Crippen molar-refractivity contribution in [1.29, 1.82) is 0 Å². The summed E-state index contributed by atoms with van der Waals surface area (Å²) in [6.07, 6.45) is 1.57. The van der Waals surface area contributed by atoms with Crippen LogP contribution in [0, 0.1) is 5.92 Å². The van der Waals surface area contributed by atoms with Crippen LogP contribution in [0.5, 0.6) is 5.75 Å². The van der Waals surface area contributed by atoms with Gasteiger partial charge in [0.25, 0.3) is 5.91 Å². The lowest BCUT2D eigenvalue weighted by Crippen LogP contribution is -2.56. The minimum Gasteiger partial charge on any atom is -0.494 e. The molecular weight excluding hydrogens is 466 g/mol. The van der Waals surface area contributed by atoms with Gasteiger partial charge in [0.05, 0.1) is 6.61 Å². The van der Waals surface area contributed by atoms with Gasteiger partial charge in [-0.2, -0.15) is 4.31 Å². The molecule has 2 amide bonds. The smallest absolute Gasteiger partial charge is 0.251 e. The fourth-order valence-electron chi connectivity index (χ4n) is 3.78. The summed E-state index contributed by atoms with van der Waals surface area (Å²) in [5.41, 5.74) is 1.24. The Hall–Kier alpha value is -3.17. The van der Waals surface area contributed by atoms with Crippen molar-refractivity contribution in [1.82, 2.24) is 14.5 Å². The van der Waals surface area contributed by atoms with Gasteiger partial charge in [-0.25, -0.2) is 8.42 Å². The summed E-state index contributed by atoms with van der Waals surface area (Å²) >= 11 is 0. The lowest BCUT2D eigenvalue weighted by molar-refractivity contribution is -0.135. The molecule has 2 aromatic carbocycles. The molecule has 35 heavy (non-hydrogen) atoms. The number of ether oxygens (including phenoxy) is 1. The molecule has 0 spiro atoms. The van der Waals surface area contributed by atoms with E-state index in [1.807, 2.05) is 51.1 Å². The summed E-state index contributed by atoms with van der Waals surface area (Å²) in [6.45, 7) is 7.09. The SMILES string of the molecule is CCOc1ccc(C(=O)N[C@H](C(=O)N2CCN(S(=O)(=O)/C=C/c3ccccc3)CC2)C(C)C)cc1. The number of rotatable bonds is 9. The second kappa shape index (κ2) is 12.0. The number of nitrogens with zero attached hydrogens (tertiary/aromatic N) is 2. The van der Waals surface area contributed by atoms with Crippen LogP contribution in [0.1, 0.15) is 36.7 Å². The van der Waals surface area contributed by atoms with E-state index in [9.17, 15) is 18.0 Å². The molecule has 1 heterocycles. The third-order valence-electron chi connectivity index (χ3n) is 5.79. The van der Waals surface area contributed by atoms with Gasteiger partial charge in [-0.15, -0.1) is 0 Å². The average molecular weight is 500 g/mol. The molecule has 1 N–H and O–H groups in total. The van der Waals surface area contributed by atoms with E-state index >= 15 is 0 Å². The van der Waals surface area contributed by atoms with E-state index in [1.54, 1.807) is 35.2 Å². The van der Waals surface area contributed by atoms with Crippen LogP contribution in [-0.2, 0) is 14.8 Å². The van der Waals surface area contributed by atoms with Crippen molar-refractivity contribution in [2.75, 3.05) is 32.8 Å². The van der Waals surface area contributed by atoms with Crippen LogP contribution in [0.25, 0.3) is 6.08 Å². The quantitative estimate of drug-likeness (QED) is 0.572. The molecule has 0 unspecified atom stereocenters. The number of hydrogen-bond donors (Lipinski definition) is 1. The lowest BCUT2D eigenvalue weighted by atomic mass is 10.0. The molecule has 3 rings (SSSR count). The van der Waals surface area contributed by atoms with Crippen molar-refractivity contribution in [2.24, 2.45) is 5.92 Å². The molecule has 1 fully saturated rings. The second-order valence-corrected chi connectivity index (χ2v) is 10.5. The zero-order valence-corrected chi connectivity index (χ0v) is 21.2. The molecule has 188 valence electrons. The molecule has 1 saturated heterocycles. The molecule has 0 bridgehead atoms. The fourth-order valence-corrected chi connectivity index (χ4v) is 4.96. The summed E-state index contributed by atoms with van der Waals surface area (Å²) in [4.78, 5) is 27.6. The van der Waals surface area contributed by atoms with Crippen molar-refractivity contribution >= 4 is 27.9 Å². The van der Waals surface area contributed by atoms with E-state index < -0.39 is 16.1 Å². The molecular formula is C26H33N3O5S. The maximum atomic E-state index is 13.2. The number of piperazine rings is 1. The molecule has 0 aliphatic carbocycles. The van der Waals surface area contributed by atoms with Crippen molar-refractivity contribution in [2.45, 2.75) is 26.8 Å². The lowest BCUT2D eigenvalue weighted by Gasteiger charge is -2.36. The molecule has 1 aliphatic rings. The number of hydrogen-bond acceptors (Lipinski definition) is 5. The van der Waals surface area contributed by atoms with Crippen LogP contribution < -0.4 is 10.1 Å². The van der Waals surface area contributed by atoms with Gasteiger partial charge in [-0.05, 0) is 48.7 Å². The molecule has 0 saturated carbocycles. The Morgan fingerprint density at radius 3 is 2.20 bits per heavy atom. The van der Waals surface area contributed by atoms with E-state index in [0.717, 1.165) is 5.56 Å². The summed E-state index contributed by atoms with van der Waals surface area (Å²) in [5.74, 6) is -0.0137. The number of carbonyl (C=O) groups is 2. The van der Waals surface area contributed by atoms with Crippen molar-refractivity contribution < 1.29 is 22.7 Å². The van der Waals surface area contributed by atoms with Crippen molar-refractivity contribution in [3.05, 3.63) is 71.1 Å². The van der Waals surface area contributed by atoms with Crippen molar-refractivity contribution in [3.8, 4) is 5.75 Å². The Labute approximate surface area is 207 Å². The van der Waals surface area contributed by atoms with Crippen LogP contribution in [-0.4, -0.2) is 68.3 Å². The van der Waals surface area contributed by atoms with E-state index in [2.05, 4.69) is 5.32 Å². The maximum Gasteiger partial charge on any atom is 0.251 e. The Balaban J connectivity index is 1.59. The standard InChI is InChI=1S/C26H33N3O5S/c1-4-34-23-12-10-22(11-13-23)25(30)27-24(20(2)3)26(31)28-15-17-29(18-16-28)35(32,33)19-14-21-8-6-5-7-9-21/h5-14,19-20,24H,4,15-18H2,1-3H3,(H,27,30)/b19-14+/t24-/m0/s1. The van der Waals surface area contributed by atoms with Crippen LogP contribution >= 0.6 is 0 Å². The maximum absolute atomic E-state index is 13.2. The Kier molecular flexibility index (Phi) is 9.06. The second-order valence-electron chi connectivity index (χ2n) is 8.64. The summed E-state index contributed by atoms with van der Waals surface area (Å²) < 4.78 is 32.2. The Bertz CT molecular complexity index is 1120. The molecule has 1 atom stereocenters. The number of benzene rings is 2. The third kappa shape index (κ3) is 7.16. The summed E-state index contributed by atoms with van der Waals surface area (Å²) in [5, 5.41) is 4.05. The summed E-state index contributed by atoms with van der Waals surface area (Å²) in [6, 6.07) is 15.3. The molecule has 0 aromatic heterocycles. The van der Waals surface area contributed by atoms with Gasteiger partial charge < -0.3 is 15.0 Å². The van der Waals surface area contributed by atoms with Gasteiger partial charge in [-0.3, -0.25) is 9.59 Å². The average Bonchev–Trinajstić information content (AvgIpc) is 2.87. The van der Waals surface area contributed by atoms with Crippen LogP contribution in [0.4, 0.5) is 0 Å². The first kappa shape index (κ1) is 26.4. The van der Waals surface area contributed by atoms with E-state index in [0.29, 0.717) is 17.9 Å².